The van der Waals surface area contributed by atoms with E-state index in [0.29, 0.717) is 18.3 Å². The molecule has 0 saturated carbocycles. The van der Waals surface area contributed by atoms with Crippen molar-refractivity contribution in [2.45, 2.75) is 33.0 Å². The second-order valence-corrected chi connectivity index (χ2v) is 7.60. The summed E-state index contributed by atoms with van der Waals surface area (Å²) in [4.78, 5) is 7.18. The maximum Gasteiger partial charge on any atom is 0.119 e. The van der Waals surface area contributed by atoms with Gasteiger partial charge in [-0.3, -0.25) is 4.98 Å². The van der Waals surface area contributed by atoms with Gasteiger partial charge in [0.2, 0.25) is 0 Å². The van der Waals surface area contributed by atoms with Gasteiger partial charge in [0, 0.05) is 37.0 Å². The zero-order valence-corrected chi connectivity index (χ0v) is 17.1. The number of rotatable bonds is 5. The highest BCUT2D eigenvalue weighted by atomic mass is 16.5. The van der Waals surface area contributed by atoms with Gasteiger partial charge in [-0.2, -0.15) is 5.26 Å². The molecule has 0 spiro atoms. The number of ether oxygens (including phenoxy) is 2. The van der Waals surface area contributed by atoms with Crippen LogP contribution in [0.2, 0.25) is 0 Å². The van der Waals surface area contributed by atoms with Gasteiger partial charge in [-0.25, -0.2) is 0 Å². The molecule has 2 aromatic carbocycles. The number of nitriles is 1. The topological polar surface area (TPSA) is 58.4 Å². The van der Waals surface area contributed by atoms with E-state index in [1.807, 2.05) is 19.1 Å². The molecule has 0 aliphatic carbocycles. The summed E-state index contributed by atoms with van der Waals surface area (Å²) in [5.41, 5.74) is 6.16. The number of aromatic nitrogens is 1. The van der Waals surface area contributed by atoms with E-state index in [9.17, 15) is 0 Å². The van der Waals surface area contributed by atoms with Gasteiger partial charge in [0.05, 0.1) is 23.3 Å². The Hall–Kier alpha value is -3.10. The highest BCUT2D eigenvalue weighted by Gasteiger charge is 2.24. The second kappa shape index (κ2) is 8.10. The summed E-state index contributed by atoms with van der Waals surface area (Å²) in [6, 6.07) is 15.8. The number of hydrogen-bond donors (Lipinski definition) is 0. The van der Waals surface area contributed by atoms with Gasteiger partial charge in [0.15, 0.2) is 0 Å². The van der Waals surface area contributed by atoms with Crippen LogP contribution >= 0.6 is 0 Å². The Morgan fingerprint density at radius 1 is 1.17 bits per heavy atom. The lowest BCUT2D eigenvalue weighted by molar-refractivity contribution is 0.121. The van der Waals surface area contributed by atoms with Crippen LogP contribution in [-0.4, -0.2) is 31.3 Å². The van der Waals surface area contributed by atoms with E-state index < -0.39 is 0 Å². The van der Waals surface area contributed by atoms with Crippen LogP contribution in [0.4, 0.5) is 5.69 Å². The minimum Gasteiger partial charge on any atom is -0.489 e. The van der Waals surface area contributed by atoms with E-state index in [1.54, 1.807) is 19.2 Å². The highest BCUT2D eigenvalue weighted by molar-refractivity contribution is 5.93. The predicted molar refractivity (Wildman–Crippen MR) is 114 cm³/mol. The van der Waals surface area contributed by atoms with Crippen LogP contribution < -0.4 is 9.64 Å². The lowest BCUT2D eigenvalue weighted by Crippen LogP contribution is -2.22. The van der Waals surface area contributed by atoms with Crippen LogP contribution in [0.1, 0.15) is 28.8 Å². The normalized spacial score (nSPS) is 16.2. The number of anilines is 1. The van der Waals surface area contributed by atoms with Crippen LogP contribution in [0.5, 0.6) is 5.75 Å². The largest absolute Gasteiger partial charge is 0.489 e. The summed E-state index contributed by atoms with van der Waals surface area (Å²) in [7, 11) is 1.79. The lowest BCUT2D eigenvalue weighted by Gasteiger charge is -2.22. The Kier molecular flexibility index (Phi) is 5.37. The lowest BCUT2D eigenvalue weighted by atomic mass is 10.0. The monoisotopic (exact) mass is 387 g/mol. The quantitative estimate of drug-likeness (QED) is 0.644. The number of fused-ring (bicyclic) bond motifs is 1. The molecule has 0 amide bonds. The van der Waals surface area contributed by atoms with Crippen molar-refractivity contribution in [2.75, 3.05) is 25.1 Å². The first-order valence-corrected chi connectivity index (χ1v) is 9.89. The van der Waals surface area contributed by atoms with Gasteiger partial charge in [-0.05, 0) is 73.9 Å². The fourth-order valence-corrected chi connectivity index (χ4v) is 3.88. The van der Waals surface area contributed by atoms with Crippen LogP contribution in [-0.2, 0) is 11.3 Å². The predicted octanol–water partition coefficient (Wildman–Crippen LogP) is 4.53. The summed E-state index contributed by atoms with van der Waals surface area (Å²) in [6.45, 7) is 6.54. The molecule has 1 aliphatic rings. The molecule has 5 nitrogen and oxygen atoms in total. The van der Waals surface area contributed by atoms with Crippen molar-refractivity contribution in [3.05, 3.63) is 64.8 Å². The summed E-state index contributed by atoms with van der Waals surface area (Å²) in [5, 5.41) is 10.1. The van der Waals surface area contributed by atoms with Crippen molar-refractivity contribution >= 4 is 16.6 Å². The van der Waals surface area contributed by atoms with Crippen molar-refractivity contribution in [3.8, 4) is 11.8 Å². The minimum absolute atomic E-state index is 0.291. The third-order valence-electron chi connectivity index (χ3n) is 5.57. The molecule has 1 aromatic heterocycles. The molecule has 5 heteroatoms. The fourth-order valence-electron chi connectivity index (χ4n) is 3.88. The Balaban J connectivity index is 1.62. The maximum atomic E-state index is 8.92. The van der Waals surface area contributed by atoms with Crippen LogP contribution in [0.25, 0.3) is 10.9 Å². The minimum atomic E-state index is 0.291. The second-order valence-electron chi connectivity index (χ2n) is 7.60. The zero-order valence-electron chi connectivity index (χ0n) is 17.1. The van der Waals surface area contributed by atoms with E-state index >= 15 is 0 Å². The first kappa shape index (κ1) is 19.2. The Bertz CT molecular complexity index is 1070. The Morgan fingerprint density at radius 3 is 2.66 bits per heavy atom. The van der Waals surface area contributed by atoms with E-state index in [1.165, 1.54) is 16.6 Å². The molecule has 1 aliphatic heterocycles. The van der Waals surface area contributed by atoms with Crippen molar-refractivity contribution in [1.29, 1.82) is 5.26 Å². The SMILES string of the molecule is COC1CCN(c2cc(C)nc3cc(COc4ccc(C#N)cc4)c(C)cc23)C1. The number of aryl methyl sites for hydroxylation is 2. The van der Waals surface area contributed by atoms with Crippen molar-refractivity contribution in [3.63, 3.8) is 0 Å². The van der Waals surface area contributed by atoms with E-state index in [0.717, 1.165) is 42.0 Å². The first-order valence-electron chi connectivity index (χ1n) is 9.89. The molecule has 0 radical (unpaired) electrons. The number of hydrogen-bond acceptors (Lipinski definition) is 5. The number of benzene rings is 2. The average Bonchev–Trinajstić information content (AvgIpc) is 3.21. The summed E-state index contributed by atoms with van der Waals surface area (Å²) in [6.07, 6.45) is 1.34. The molecule has 148 valence electrons. The molecule has 4 rings (SSSR count). The van der Waals surface area contributed by atoms with Gasteiger partial charge in [0.25, 0.3) is 0 Å². The molecule has 29 heavy (non-hydrogen) atoms. The van der Waals surface area contributed by atoms with Crippen LogP contribution in [0, 0.1) is 25.2 Å². The third kappa shape index (κ3) is 4.03. The van der Waals surface area contributed by atoms with Crippen LogP contribution in [0.15, 0.2) is 42.5 Å². The smallest absolute Gasteiger partial charge is 0.119 e. The Labute approximate surface area is 171 Å². The molecule has 2 heterocycles. The molecule has 1 fully saturated rings. The third-order valence-corrected chi connectivity index (χ3v) is 5.57. The van der Waals surface area contributed by atoms with Gasteiger partial charge in [-0.15, -0.1) is 0 Å². The molecule has 3 aromatic rings. The van der Waals surface area contributed by atoms with Crippen molar-refractivity contribution in [2.24, 2.45) is 0 Å². The maximum absolute atomic E-state index is 8.92. The van der Waals surface area contributed by atoms with E-state index in [-0.39, 0.29) is 0 Å². The summed E-state index contributed by atoms with van der Waals surface area (Å²) in [5.74, 6) is 0.754. The molecule has 1 unspecified atom stereocenters. The molecule has 1 saturated heterocycles. The van der Waals surface area contributed by atoms with Crippen molar-refractivity contribution in [1.82, 2.24) is 4.98 Å². The average molecular weight is 387 g/mol. The zero-order chi connectivity index (χ0) is 20.4. The summed E-state index contributed by atoms with van der Waals surface area (Å²) >= 11 is 0. The van der Waals surface area contributed by atoms with Gasteiger partial charge >= 0.3 is 0 Å². The molecule has 0 N–H and O–H groups in total. The van der Waals surface area contributed by atoms with Gasteiger partial charge < -0.3 is 14.4 Å². The fraction of sp³-hybridized carbons (Fsp3) is 0.333. The Morgan fingerprint density at radius 2 is 1.97 bits per heavy atom. The van der Waals surface area contributed by atoms with E-state index in [2.05, 4.69) is 36.1 Å². The van der Waals surface area contributed by atoms with E-state index in [4.69, 9.17) is 19.7 Å². The molecule has 0 bridgehead atoms. The molecule has 1 atom stereocenters. The standard InChI is InChI=1S/C24H25N3O2/c1-16-10-22-23(12-19(16)15-29-20-6-4-18(13-25)5-7-20)26-17(2)11-24(22)27-9-8-21(14-27)28-3/h4-7,10-12,21H,8-9,14-15H2,1-3H3. The number of pyridine rings is 1. The summed E-state index contributed by atoms with van der Waals surface area (Å²) < 4.78 is 11.5. The number of methoxy groups -OCH3 is 1. The highest BCUT2D eigenvalue weighted by Crippen LogP contribution is 2.32. The molecular weight excluding hydrogens is 362 g/mol. The molecular formula is C24H25N3O2. The van der Waals surface area contributed by atoms with Crippen LogP contribution in [0.3, 0.4) is 0 Å². The van der Waals surface area contributed by atoms with Crippen molar-refractivity contribution < 1.29 is 9.47 Å². The number of nitrogens with zero attached hydrogens (tertiary/aromatic N) is 3. The first-order chi connectivity index (χ1) is 14.1. The van der Waals surface area contributed by atoms with Gasteiger partial charge in [-0.1, -0.05) is 0 Å². The van der Waals surface area contributed by atoms with Gasteiger partial charge in [0.1, 0.15) is 12.4 Å².